The van der Waals surface area contributed by atoms with Crippen molar-refractivity contribution in [3.05, 3.63) is 29.8 Å². The van der Waals surface area contributed by atoms with E-state index in [1.54, 1.807) is 6.07 Å². The molecule has 0 saturated carbocycles. The van der Waals surface area contributed by atoms with Gasteiger partial charge in [0.05, 0.1) is 0 Å². The number of hydrogen-bond acceptors (Lipinski definition) is 2. The smallest absolute Gasteiger partial charge is 0.115 e. The number of benzene rings is 1. The van der Waals surface area contributed by atoms with Crippen LogP contribution in [0.25, 0.3) is 0 Å². The second-order valence-corrected chi connectivity index (χ2v) is 4.85. The molecule has 1 rings (SSSR count). The lowest BCUT2D eigenvalue weighted by Crippen LogP contribution is -2.24. The third-order valence-corrected chi connectivity index (χ3v) is 3.08. The van der Waals surface area contributed by atoms with Crippen LogP contribution in [-0.2, 0) is 0 Å². The van der Waals surface area contributed by atoms with Gasteiger partial charge in [0.1, 0.15) is 5.75 Å². The fraction of sp³-hybridized carbons (Fsp3) is 0.571. The largest absolute Gasteiger partial charge is 0.508 e. The predicted molar refractivity (Wildman–Crippen MR) is 68.9 cm³/mol. The van der Waals surface area contributed by atoms with Crippen molar-refractivity contribution in [2.45, 2.75) is 26.2 Å². The zero-order valence-electron chi connectivity index (χ0n) is 10.8. The third kappa shape index (κ3) is 3.53. The van der Waals surface area contributed by atoms with E-state index in [-0.39, 0.29) is 0 Å². The summed E-state index contributed by atoms with van der Waals surface area (Å²) in [6.07, 6.45) is 1.11. The first-order valence-corrected chi connectivity index (χ1v) is 5.98. The van der Waals surface area contributed by atoms with E-state index in [0.717, 1.165) is 13.0 Å². The van der Waals surface area contributed by atoms with Crippen molar-refractivity contribution >= 4 is 0 Å². The molecular formula is C14H23NO. The van der Waals surface area contributed by atoms with Gasteiger partial charge in [-0.15, -0.1) is 0 Å². The Morgan fingerprint density at radius 3 is 2.50 bits per heavy atom. The van der Waals surface area contributed by atoms with Gasteiger partial charge in [-0.2, -0.15) is 0 Å². The highest BCUT2D eigenvalue weighted by molar-refractivity contribution is 5.30. The van der Waals surface area contributed by atoms with Gasteiger partial charge in [-0.05, 0) is 50.0 Å². The van der Waals surface area contributed by atoms with Crippen LogP contribution < -0.4 is 0 Å². The lowest BCUT2D eigenvalue weighted by atomic mass is 9.85. The molecule has 16 heavy (non-hydrogen) atoms. The minimum absolute atomic E-state index is 0.369. The molecule has 0 aliphatic rings. The Kier molecular flexibility index (Phi) is 4.81. The lowest BCUT2D eigenvalue weighted by molar-refractivity contribution is 0.301. The van der Waals surface area contributed by atoms with Crippen molar-refractivity contribution in [2.24, 2.45) is 5.92 Å². The summed E-state index contributed by atoms with van der Waals surface area (Å²) >= 11 is 0. The molecule has 0 fully saturated rings. The first-order valence-electron chi connectivity index (χ1n) is 5.98. The topological polar surface area (TPSA) is 23.5 Å². The molecular weight excluding hydrogens is 198 g/mol. The summed E-state index contributed by atoms with van der Waals surface area (Å²) in [6.45, 7) is 5.56. The standard InChI is InChI=1S/C14H23NO/c1-5-14(11(2)10-15(3)4)12-7-6-8-13(16)9-12/h6-9,11,14,16H,5,10H2,1-4H3/t11?,14-/m0/s1. The van der Waals surface area contributed by atoms with Crippen LogP contribution in [0.5, 0.6) is 5.75 Å². The van der Waals surface area contributed by atoms with Gasteiger partial charge >= 0.3 is 0 Å². The van der Waals surface area contributed by atoms with Crippen molar-refractivity contribution in [2.75, 3.05) is 20.6 Å². The number of phenols is 1. The van der Waals surface area contributed by atoms with Gasteiger partial charge in [-0.1, -0.05) is 26.0 Å². The van der Waals surface area contributed by atoms with Crippen LogP contribution in [0.4, 0.5) is 0 Å². The van der Waals surface area contributed by atoms with E-state index in [4.69, 9.17) is 0 Å². The van der Waals surface area contributed by atoms with Crippen molar-refractivity contribution in [1.82, 2.24) is 4.90 Å². The normalized spacial score (nSPS) is 15.1. The maximum absolute atomic E-state index is 9.51. The van der Waals surface area contributed by atoms with Gasteiger partial charge in [0.25, 0.3) is 0 Å². The van der Waals surface area contributed by atoms with Crippen LogP contribution in [0.15, 0.2) is 24.3 Å². The summed E-state index contributed by atoms with van der Waals surface area (Å²) in [5.41, 5.74) is 1.25. The molecule has 0 radical (unpaired) electrons. The average Bonchev–Trinajstić information content (AvgIpc) is 2.17. The molecule has 1 aromatic carbocycles. The summed E-state index contributed by atoms with van der Waals surface area (Å²) in [6, 6.07) is 7.66. The summed E-state index contributed by atoms with van der Waals surface area (Å²) in [5, 5.41) is 9.51. The lowest BCUT2D eigenvalue weighted by Gasteiger charge is -2.26. The van der Waals surface area contributed by atoms with Crippen LogP contribution in [0.2, 0.25) is 0 Å². The van der Waals surface area contributed by atoms with Crippen LogP contribution in [0.3, 0.4) is 0 Å². The van der Waals surface area contributed by atoms with Crippen molar-refractivity contribution in [1.29, 1.82) is 0 Å². The van der Waals surface area contributed by atoms with Crippen molar-refractivity contribution in [3.63, 3.8) is 0 Å². The molecule has 0 aliphatic carbocycles. The van der Waals surface area contributed by atoms with Crippen LogP contribution in [-0.4, -0.2) is 30.6 Å². The van der Waals surface area contributed by atoms with Crippen LogP contribution in [0.1, 0.15) is 31.7 Å². The molecule has 0 aromatic heterocycles. The van der Waals surface area contributed by atoms with Gasteiger partial charge in [-0.25, -0.2) is 0 Å². The average molecular weight is 221 g/mol. The third-order valence-electron chi connectivity index (χ3n) is 3.08. The fourth-order valence-corrected chi connectivity index (χ4v) is 2.43. The molecule has 0 bridgehead atoms. The zero-order valence-corrected chi connectivity index (χ0v) is 10.8. The van der Waals surface area contributed by atoms with Gasteiger partial charge < -0.3 is 10.0 Å². The van der Waals surface area contributed by atoms with Crippen LogP contribution >= 0.6 is 0 Å². The molecule has 2 nitrogen and oxygen atoms in total. The van der Waals surface area contributed by atoms with E-state index in [2.05, 4.69) is 38.9 Å². The first kappa shape index (κ1) is 13.0. The van der Waals surface area contributed by atoms with E-state index >= 15 is 0 Å². The van der Waals surface area contributed by atoms with E-state index in [9.17, 15) is 5.11 Å². The molecule has 0 spiro atoms. The summed E-state index contributed by atoms with van der Waals surface area (Å²) < 4.78 is 0. The van der Waals surface area contributed by atoms with Gasteiger partial charge in [0, 0.05) is 6.54 Å². The van der Waals surface area contributed by atoms with E-state index in [1.165, 1.54) is 5.56 Å². The van der Waals surface area contributed by atoms with Gasteiger partial charge in [-0.3, -0.25) is 0 Å². The van der Waals surface area contributed by atoms with Crippen molar-refractivity contribution < 1.29 is 5.11 Å². The van der Waals surface area contributed by atoms with Crippen molar-refractivity contribution in [3.8, 4) is 5.75 Å². The molecule has 0 aliphatic heterocycles. The Hall–Kier alpha value is -1.02. The molecule has 1 unspecified atom stereocenters. The second-order valence-electron chi connectivity index (χ2n) is 4.85. The molecule has 90 valence electrons. The quantitative estimate of drug-likeness (QED) is 0.826. The Labute approximate surface area is 98.9 Å². The fourth-order valence-electron chi connectivity index (χ4n) is 2.43. The minimum Gasteiger partial charge on any atom is -0.508 e. The minimum atomic E-state index is 0.369. The molecule has 0 amide bonds. The number of nitrogens with zero attached hydrogens (tertiary/aromatic N) is 1. The Bertz CT molecular complexity index is 322. The number of rotatable bonds is 5. The van der Waals surface area contributed by atoms with Gasteiger partial charge in [0.15, 0.2) is 0 Å². The van der Waals surface area contributed by atoms with E-state index in [0.29, 0.717) is 17.6 Å². The Morgan fingerprint density at radius 1 is 1.31 bits per heavy atom. The Morgan fingerprint density at radius 2 is 2.00 bits per heavy atom. The van der Waals surface area contributed by atoms with E-state index < -0.39 is 0 Å². The molecule has 1 aromatic rings. The highest BCUT2D eigenvalue weighted by atomic mass is 16.3. The molecule has 2 heteroatoms. The summed E-state index contributed by atoms with van der Waals surface area (Å²) in [4.78, 5) is 2.22. The molecule has 2 atom stereocenters. The number of phenolic OH excluding ortho intramolecular Hbond substituents is 1. The highest BCUT2D eigenvalue weighted by Crippen LogP contribution is 2.30. The highest BCUT2D eigenvalue weighted by Gasteiger charge is 2.18. The van der Waals surface area contributed by atoms with Gasteiger partial charge in [0.2, 0.25) is 0 Å². The molecule has 1 N–H and O–H groups in total. The van der Waals surface area contributed by atoms with Crippen LogP contribution in [0, 0.1) is 5.92 Å². The maximum atomic E-state index is 9.51. The Balaban J connectivity index is 2.81. The predicted octanol–water partition coefficient (Wildman–Crippen LogP) is 3.08. The zero-order chi connectivity index (χ0) is 12.1. The monoisotopic (exact) mass is 221 g/mol. The second kappa shape index (κ2) is 5.90. The SMILES string of the molecule is CC[C@H](c1cccc(O)c1)C(C)CN(C)C. The summed E-state index contributed by atoms with van der Waals surface area (Å²) in [7, 11) is 4.21. The maximum Gasteiger partial charge on any atom is 0.115 e. The number of hydrogen-bond donors (Lipinski definition) is 1. The van der Waals surface area contributed by atoms with E-state index in [1.807, 2.05) is 12.1 Å². The number of aromatic hydroxyl groups is 1. The molecule has 0 heterocycles. The summed E-state index contributed by atoms with van der Waals surface area (Å²) in [5.74, 6) is 1.49. The molecule has 0 saturated heterocycles. The first-order chi connectivity index (χ1) is 7.54.